The number of thiophene rings is 1. The highest BCUT2D eigenvalue weighted by atomic mass is 32.1. The number of aryl methyl sites for hydroxylation is 1. The van der Waals surface area contributed by atoms with Crippen molar-refractivity contribution in [2.75, 3.05) is 11.9 Å². The van der Waals surface area contributed by atoms with E-state index in [2.05, 4.69) is 34.7 Å². The Hall–Kier alpha value is -2.84. The van der Waals surface area contributed by atoms with Gasteiger partial charge in [0.05, 0.1) is 23.5 Å². The first kappa shape index (κ1) is 20.4. The van der Waals surface area contributed by atoms with Crippen molar-refractivity contribution in [3.05, 3.63) is 82.1 Å². The first-order chi connectivity index (χ1) is 14.5. The molecule has 1 amide bonds. The van der Waals surface area contributed by atoms with Crippen molar-refractivity contribution in [3.8, 4) is 0 Å². The maximum absolute atomic E-state index is 13.8. The molecule has 0 radical (unpaired) electrons. The Balaban J connectivity index is 1.52. The second-order valence-corrected chi connectivity index (χ2v) is 8.75. The Morgan fingerprint density at radius 1 is 1.23 bits per heavy atom. The van der Waals surface area contributed by atoms with Crippen LogP contribution in [0.3, 0.4) is 0 Å². The normalized spacial score (nSPS) is 18.3. The zero-order valence-electron chi connectivity index (χ0n) is 16.3. The molecule has 3 heterocycles. The summed E-state index contributed by atoms with van der Waals surface area (Å²) in [6.45, 7) is 2.48. The molecule has 1 aromatic carbocycles. The van der Waals surface area contributed by atoms with Gasteiger partial charge in [0.25, 0.3) is 0 Å². The van der Waals surface area contributed by atoms with Crippen LogP contribution in [0.2, 0.25) is 0 Å². The summed E-state index contributed by atoms with van der Waals surface area (Å²) >= 11 is 7.31. The molecule has 0 aliphatic carbocycles. The molecule has 1 aliphatic rings. The fourth-order valence-corrected chi connectivity index (χ4v) is 4.92. The SMILES string of the molecule is Cc1ccc([C@@H]2[C@H](c3ccccn3)NC(=S)N2CCC(=O)Nc2ccccc2F)s1. The van der Waals surface area contributed by atoms with Crippen LogP contribution in [0.15, 0.2) is 60.8 Å². The summed E-state index contributed by atoms with van der Waals surface area (Å²) < 4.78 is 13.8. The van der Waals surface area contributed by atoms with Gasteiger partial charge in [0.1, 0.15) is 5.82 Å². The average molecular weight is 441 g/mol. The minimum Gasteiger partial charge on any atom is -0.352 e. The number of anilines is 1. The van der Waals surface area contributed by atoms with Crippen LogP contribution in [-0.2, 0) is 4.79 Å². The van der Waals surface area contributed by atoms with Gasteiger partial charge in [0, 0.05) is 28.9 Å². The molecule has 30 heavy (non-hydrogen) atoms. The maximum atomic E-state index is 13.8. The number of benzene rings is 1. The molecule has 3 aromatic rings. The van der Waals surface area contributed by atoms with Gasteiger partial charge in [-0.3, -0.25) is 9.78 Å². The number of carbonyl (C=O) groups is 1. The van der Waals surface area contributed by atoms with Crippen molar-refractivity contribution >= 4 is 40.3 Å². The molecule has 0 saturated carbocycles. The highest BCUT2D eigenvalue weighted by Crippen LogP contribution is 2.41. The van der Waals surface area contributed by atoms with Gasteiger partial charge >= 0.3 is 0 Å². The van der Waals surface area contributed by atoms with Gasteiger partial charge in [-0.1, -0.05) is 18.2 Å². The number of hydrogen-bond donors (Lipinski definition) is 2. The van der Waals surface area contributed by atoms with Crippen LogP contribution in [-0.4, -0.2) is 27.4 Å². The number of carbonyl (C=O) groups excluding carboxylic acids is 1. The van der Waals surface area contributed by atoms with E-state index in [1.807, 2.05) is 23.1 Å². The molecule has 2 atom stereocenters. The Kier molecular flexibility index (Phi) is 6.06. The van der Waals surface area contributed by atoms with Crippen LogP contribution in [0.1, 0.15) is 34.0 Å². The fraction of sp³-hybridized carbons (Fsp3) is 0.227. The summed E-state index contributed by atoms with van der Waals surface area (Å²) in [6, 6.07) is 16.0. The van der Waals surface area contributed by atoms with Gasteiger partial charge in [-0.15, -0.1) is 11.3 Å². The molecule has 0 unspecified atom stereocenters. The van der Waals surface area contributed by atoms with E-state index in [0.29, 0.717) is 11.7 Å². The zero-order chi connectivity index (χ0) is 21.1. The summed E-state index contributed by atoms with van der Waals surface area (Å²) in [5.41, 5.74) is 1.08. The van der Waals surface area contributed by atoms with Gasteiger partial charge in [-0.05, 0) is 55.5 Å². The number of hydrogen-bond acceptors (Lipinski definition) is 4. The lowest BCUT2D eigenvalue weighted by molar-refractivity contribution is -0.116. The molecule has 2 aromatic heterocycles. The van der Waals surface area contributed by atoms with Crippen LogP contribution >= 0.6 is 23.6 Å². The molecule has 0 bridgehead atoms. The highest BCUT2D eigenvalue weighted by Gasteiger charge is 2.40. The summed E-state index contributed by atoms with van der Waals surface area (Å²) in [5.74, 6) is -0.711. The van der Waals surface area contributed by atoms with E-state index in [4.69, 9.17) is 12.2 Å². The second-order valence-electron chi connectivity index (χ2n) is 7.05. The first-order valence-corrected chi connectivity index (χ1v) is 10.8. The Morgan fingerprint density at radius 2 is 2.03 bits per heavy atom. The number of halogens is 1. The lowest BCUT2D eigenvalue weighted by Gasteiger charge is -2.26. The molecular weight excluding hydrogens is 419 g/mol. The third-order valence-corrected chi connectivity index (χ3v) is 6.40. The molecule has 4 rings (SSSR count). The number of nitrogens with zero attached hydrogens (tertiary/aromatic N) is 2. The van der Waals surface area contributed by atoms with Crippen molar-refractivity contribution < 1.29 is 9.18 Å². The van der Waals surface area contributed by atoms with E-state index < -0.39 is 5.82 Å². The van der Waals surface area contributed by atoms with Crippen LogP contribution in [0.4, 0.5) is 10.1 Å². The molecule has 1 aliphatic heterocycles. The fourth-order valence-electron chi connectivity index (χ4n) is 3.56. The minimum absolute atomic E-state index is 0.0626. The predicted octanol–water partition coefficient (Wildman–Crippen LogP) is 4.59. The van der Waals surface area contributed by atoms with Crippen molar-refractivity contribution in [1.29, 1.82) is 0 Å². The topological polar surface area (TPSA) is 57.3 Å². The molecule has 2 N–H and O–H groups in total. The summed E-state index contributed by atoms with van der Waals surface area (Å²) in [7, 11) is 0. The van der Waals surface area contributed by atoms with E-state index in [-0.39, 0.29) is 30.1 Å². The maximum Gasteiger partial charge on any atom is 0.226 e. The lowest BCUT2D eigenvalue weighted by atomic mass is 10.0. The van der Waals surface area contributed by atoms with Crippen LogP contribution in [0, 0.1) is 12.7 Å². The van der Waals surface area contributed by atoms with Crippen LogP contribution in [0.25, 0.3) is 0 Å². The number of rotatable bonds is 6. The summed E-state index contributed by atoms with van der Waals surface area (Å²) in [5, 5.41) is 6.59. The molecule has 5 nitrogen and oxygen atoms in total. The van der Waals surface area contributed by atoms with E-state index in [9.17, 15) is 9.18 Å². The van der Waals surface area contributed by atoms with Crippen molar-refractivity contribution in [3.63, 3.8) is 0 Å². The van der Waals surface area contributed by atoms with E-state index >= 15 is 0 Å². The van der Waals surface area contributed by atoms with Gasteiger partial charge in [0.15, 0.2) is 5.11 Å². The third kappa shape index (κ3) is 4.34. The van der Waals surface area contributed by atoms with E-state index in [1.54, 1.807) is 35.7 Å². The minimum atomic E-state index is -0.452. The van der Waals surface area contributed by atoms with Crippen molar-refractivity contribution in [2.24, 2.45) is 0 Å². The Bertz CT molecular complexity index is 1060. The molecular formula is C22H21FN4OS2. The number of aromatic nitrogens is 1. The molecule has 0 spiro atoms. The Morgan fingerprint density at radius 3 is 2.73 bits per heavy atom. The number of thiocarbonyl (C=S) groups is 1. The van der Waals surface area contributed by atoms with Crippen molar-refractivity contribution in [2.45, 2.75) is 25.4 Å². The zero-order valence-corrected chi connectivity index (χ0v) is 18.0. The summed E-state index contributed by atoms with van der Waals surface area (Å²) in [4.78, 5) is 21.4. The van der Waals surface area contributed by atoms with Gasteiger partial charge in [-0.2, -0.15) is 0 Å². The Labute approximate surface area is 183 Å². The van der Waals surface area contributed by atoms with Gasteiger partial charge < -0.3 is 15.5 Å². The second kappa shape index (κ2) is 8.89. The van der Waals surface area contributed by atoms with Crippen LogP contribution in [0.5, 0.6) is 0 Å². The van der Waals surface area contributed by atoms with Gasteiger partial charge in [-0.25, -0.2) is 4.39 Å². The largest absolute Gasteiger partial charge is 0.352 e. The standard InChI is InChI=1S/C22H21FN4OS2/c1-14-9-10-18(30-14)21-20(17-8-4-5-12-24-17)26-22(29)27(21)13-11-19(28)25-16-7-3-2-6-15(16)23/h2-10,12,20-21H,11,13H2,1H3,(H,25,28)(H,26,29)/t20-,21+/m0/s1. The average Bonchev–Trinajstić information content (AvgIpc) is 3.31. The molecule has 1 saturated heterocycles. The lowest BCUT2D eigenvalue weighted by Crippen LogP contribution is -2.32. The van der Waals surface area contributed by atoms with Crippen LogP contribution < -0.4 is 10.6 Å². The number of pyridine rings is 1. The van der Waals surface area contributed by atoms with Gasteiger partial charge in [0.2, 0.25) is 5.91 Å². The number of amides is 1. The highest BCUT2D eigenvalue weighted by molar-refractivity contribution is 7.80. The molecule has 8 heteroatoms. The van der Waals surface area contributed by atoms with E-state index in [1.165, 1.54) is 10.9 Å². The quantitative estimate of drug-likeness (QED) is 0.549. The molecule has 154 valence electrons. The predicted molar refractivity (Wildman–Crippen MR) is 121 cm³/mol. The number of nitrogens with one attached hydrogen (secondary N) is 2. The third-order valence-electron chi connectivity index (χ3n) is 4.98. The monoisotopic (exact) mass is 440 g/mol. The van der Waals surface area contributed by atoms with Crippen molar-refractivity contribution in [1.82, 2.24) is 15.2 Å². The summed E-state index contributed by atoms with van der Waals surface area (Å²) in [6.07, 6.45) is 1.95. The first-order valence-electron chi connectivity index (χ1n) is 9.61. The molecule has 1 fully saturated rings. The van der Waals surface area contributed by atoms with E-state index in [0.717, 1.165) is 10.6 Å². The number of para-hydroxylation sites is 1. The smallest absolute Gasteiger partial charge is 0.226 e.